The minimum Gasteiger partial charge on any atom is -0.444 e. The van der Waals surface area contributed by atoms with E-state index in [2.05, 4.69) is 24.7 Å². The quantitative estimate of drug-likeness (QED) is 0.512. The van der Waals surface area contributed by atoms with Crippen LogP contribution >= 0.6 is 0 Å². The summed E-state index contributed by atoms with van der Waals surface area (Å²) in [6.45, 7) is 14.2. The molecule has 1 saturated heterocycles. The van der Waals surface area contributed by atoms with Crippen molar-refractivity contribution in [2.75, 3.05) is 26.2 Å². The highest BCUT2D eigenvalue weighted by Gasteiger charge is 2.64. The first-order chi connectivity index (χ1) is 16.4. The second-order valence-electron chi connectivity index (χ2n) is 14.1. The van der Waals surface area contributed by atoms with Crippen LogP contribution in [0.5, 0.6) is 0 Å². The van der Waals surface area contributed by atoms with Gasteiger partial charge < -0.3 is 14.7 Å². The van der Waals surface area contributed by atoms with Gasteiger partial charge in [-0.25, -0.2) is 4.79 Å². The normalized spacial score (nSPS) is 46.2. The van der Waals surface area contributed by atoms with Crippen LogP contribution in [0.15, 0.2) is 0 Å². The summed E-state index contributed by atoms with van der Waals surface area (Å²) in [4.78, 5) is 17.0. The van der Waals surface area contributed by atoms with E-state index in [4.69, 9.17) is 11.2 Å². The molecule has 1 amide bonds. The van der Waals surface area contributed by atoms with E-state index in [1.807, 2.05) is 25.7 Å². The number of rotatable bonds is 1. The molecule has 1 N–H and O–H groups in total. The number of aliphatic hydroxyl groups is 1. The minimum atomic E-state index is -0.903. The highest BCUT2D eigenvalue weighted by molar-refractivity contribution is 5.68. The lowest BCUT2D eigenvalue weighted by Crippen LogP contribution is -2.59. The van der Waals surface area contributed by atoms with Gasteiger partial charge in [-0.05, 0) is 108 Å². The smallest absolute Gasteiger partial charge is 0.410 e. The number of terminal acetylenes is 1. The Morgan fingerprint density at radius 3 is 2.31 bits per heavy atom. The van der Waals surface area contributed by atoms with Crippen molar-refractivity contribution in [3.05, 3.63) is 0 Å². The molecule has 0 aromatic carbocycles. The van der Waals surface area contributed by atoms with Crippen LogP contribution in [0.1, 0.15) is 92.4 Å². The average Bonchev–Trinajstić information content (AvgIpc) is 3.09. The van der Waals surface area contributed by atoms with Gasteiger partial charge in [-0.3, -0.25) is 4.90 Å². The van der Waals surface area contributed by atoms with Crippen LogP contribution in [0.2, 0.25) is 0 Å². The SMILES string of the molecule is C#C[C@@]1(O)CC[C@H]2[C@@H]3CC[C@H]4C[C@@H](N5CCN(C(=O)OC(C)(C)C)CC5)CC[C@]4(C)[C@H]3CC[C@@]21C. The van der Waals surface area contributed by atoms with Crippen LogP contribution in [0.25, 0.3) is 0 Å². The molecular formula is C30H48N2O3. The number of hydrogen-bond donors (Lipinski definition) is 1. The highest BCUT2D eigenvalue weighted by Crippen LogP contribution is 2.68. The molecule has 8 atom stereocenters. The number of amides is 1. The molecule has 5 rings (SSSR count). The number of ether oxygens (including phenoxy) is 1. The van der Waals surface area contributed by atoms with Crippen molar-refractivity contribution < 1.29 is 14.6 Å². The number of carbonyl (C=O) groups is 1. The zero-order valence-electron chi connectivity index (χ0n) is 22.8. The standard InChI is InChI=1S/C30H48N2O3/c1-7-30(34)15-12-25-23-9-8-21-20-22(10-13-28(21,5)24(23)11-14-29(25,30)6)31-16-18-32(19-17-31)26(33)35-27(2,3)4/h1,21-25,34H,8-20H2,2-6H3/t21-,22-,23+,24-,25-,28-,29-,30+/m0/s1. The Labute approximate surface area is 213 Å². The lowest BCUT2D eigenvalue weighted by atomic mass is 9.44. The van der Waals surface area contributed by atoms with Crippen molar-refractivity contribution in [2.24, 2.45) is 34.5 Å². The lowest BCUT2D eigenvalue weighted by Gasteiger charge is -2.62. The fourth-order valence-corrected chi connectivity index (χ4v) is 9.42. The molecule has 4 aliphatic carbocycles. The van der Waals surface area contributed by atoms with E-state index in [0.29, 0.717) is 17.4 Å². The van der Waals surface area contributed by atoms with Crippen molar-refractivity contribution >= 4 is 6.09 Å². The number of carbonyl (C=O) groups excluding carboxylic acids is 1. The molecule has 0 radical (unpaired) electrons. The number of piperazine rings is 1. The topological polar surface area (TPSA) is 53.0 Å². The second-order valence-corrected chi connectivity index (χ2v) is 14.1. The van der Waals surface area contributed by atoms with Crippen molar-refractivity contribution in [3.63, 3.8) is 0 Å². The Morgan fingerprint density at radius 2 is 1.66 bits per heavy atom. The van der Waals surface area contributed by atoms with Gasteiger partial charge in [0.05, 0.1) is 0 Å². The number of fused-ring (bicyclic) bond motifs is 5. The summed E-state index contributed by atoms with van der Waals surface area (Å²) >= 11 is 0. The first kappa shape index (κ1) is 25.4. The molecule has 5 nitrogen and oxygen atoms in total. The molecule has 0 aromatic heterocycles. The summed E-state index contributed by atoms with van der Waals surface area (Å²) < 4.78 is 5.59. The highest BCUT2D eigenvalue weighted by atomic mass is 16.6. The molecule has 0 spiro atoms. The third-order valence-corrected chi connectivity index (χ3v) is 11.5. The van der Waals surface area contributed by atoms with Crippen LogP contribution in [-0.2, 0) is 4.74 Å². The first-order valence-corrected chi connectivity index (χ1v) is 14.3. The second kappa shape index (κ2) is 8.66. The Bertz CT molecular complexity index is 868. The van der Waals surface area contributed by atoms with E-state index in [-0.39, 0.29) is 11.5 Å². The Morgan fingerprint density at radius 1 is 0.971 bits per heavy atom. The van der Waals surface area contributed by atoms with Gasteiger partial charge in [-0.1, -0.05) is 19.8 Å². The van der Waals surface area contributed by atoms with Gasteiger partial charge >= 0.3 is 6.09 Å². The van der Waals surface area contributed by atoms with E-state index in [1.54, 1.807) is 0 Å². The summed E-state index contributed by atoms with van der Waals surface area (Å²) in [6, 6.07) is 0.650. The van der Waals surface area contributed by atoms with Crippen LogP contribution in [-0.4, -0.2) is 64.4 Å². The maximum atomic E-state index is 12.5. The lowest BCUT2D eigenvalue weighted by molar-refractivity contribution is -0.142. The molecule has 4 saturated carbocycles. The molecule has 196 valence electrons. The summed E-state index contributed by atoms with van der Waals surface area (Å²) in [6.07, 6.45) is 16.4. The Kier molecular flexibility index (Phi) is 6.28. The Hall–Kier alpha value is -1.25. The molecular weight excluding hydrogens is 436 g/mol. The molecule has 5 heteroatoms. The molecule has 35 heavy (non-hydrogen) atoms. The zero-order valence-corrected chi connectivity index (χ0v) is 22.8. The van der Waals surface area contributed by atoms with Crippen LogP contribution < -0.4 is 0 Å². The van der Waals surface area contributed by atoms with Crippen LogP contribution in [0, 0.1) is 46.8 Å². The molecule has 5 fully saturated rings. The average molecular weight is 485 g/mol. The molecule has 0 bridgehead atoms. The Balaban J connectivity index is 1.21. The molecule has 0 unspecified atom stereocenters. The predicted octanol–water partition coefficient (Wildman–Crippen LogP) is 5.31. The minimum absolute atomic E-state index is 0.100. The summed E-state index contributed by atoms with van der Waals surface area (Å²) in [7, 11) is 0. The van der Waals surface area contributed by atoms with Gasteiger partial charge in [0.1, 0.15) is 11.2 Å². The van der Waals surface area contributed by atoms with Crippen molar-refractivity contribution in [1.82, 2.24) is 9.80 Å². The third-order valence-electron chi connectivity index (χ3n) is 11.5. The predicted molar refractivity (Wildman–Crippen MR) is 139 cm³/mol. The van der Waals surface area contributed by atoms with E-state index in [9.17, 15) is 9.90 Å². The fraction of sp³-hybridized carbons (Fsp3) is 0.900. The third kappa shape index (κ3) is 4.11. The van der Waals surface area contributed by atoms with E-state index < -0.39 is 11.2 Å². The molecule has 1 aliphatic heterocycles. The first-order valence-electron chi connectivity index (χ1n) is 14.3. The maximum Gasteiger partial charge on any atom is 0.410 e. The summed E-state index contributed by atoms with van der Waals surface area (Å²) in [5.41, 5.74) is -1.01. The fourth-order valence-electron chi connectivity index (χ4n) is 9.42. The van der Waals surface area contributed by atoms with Gasteiger partial charge in [-0.2, -0.15) is 0 Å². The van der Waals surface area contributed by atoms with Crippen molar-refractivity contribution in [1.29, 1.82) is 0 Å². The largest absolute Gasteiger partial charge is 0.444 e. The van der Waals surface area contributed by atoms with Gasteiger partial charge in [0.25, 0.3) is 0 Å². The monoisotopic (exact) mass is 484 g/mol. The van der Waals surface area contributed by atoms with Crippen LogP contribution in [0.4, 0.5) is 4.79 Å². The summed E-state index contributed by atoms with van der Waals surface area (Å²) in [5.74, 6) is 5.71. The van der Waals surface area contributed by atoms with Gasteiger partial charge in [0.15, 0.2) is 0 Å². The number of hydrogen-bond acceptors (Lipinski definition) is 4. The van der Waals surface area contributed by atoms with E-state index in [0.717, 1.165) is 63.2 Å². The molecule has 5 aliphatic rings. The molecule has 0 aromatic rings. The zero-order chi connectivity index (χ0) is 25.2. The van der Waals surface area contributed by atoms with Crippen molar-refractivity contribution in [2.45, 2.75) is 110 Å². The molecule has 1 heterocycles. The van der Waals surface area contributed by atoms with E-state index in [1.165, 1.54) is 38.5 Å². The van der Waals surface area contributed by atoms with E-state index >= 15 is 0 Å². The maximum absolute atomic E-state index is 12.5. The van der Waals surface area contributed by atoms with Gasteiger partial charge in [0.2, 0.25) is 0 Å². The van der Waals surface area contributed by atoms with Crippen LogP contribution in [0.3, 0.4) is 0 Å². The van der Waals surface area contributed by atoms with Gasteiger partial charge in [0, 0.05) is 37.6 Å². The van der Waals surface area contributed by atoms with Gasteiger partial charge in [-0.15, -0.1) is 6.42 Å². The summed E-state index contributed by atoms with van der Waals surface area (Å²) in [5, 5.41) is 11.3. The number of nitrogens with zero attached hydrogens (tertiary/aromatic N) is 2. The van der Waals surface area contributed by atoms with Crippen molar-refractivity contribution in [3.8, 4) is 12.3 Å².